The van der Waals surface area contributed by atoms with Gasteiger partial charge in [-0.25, -0.2) is 9.97 Å². The third-order valence-corrected chi connectivity index (χ3v) is 4.96. The van der Waals surface area contributed by atoms with Crippen LogP contribution in [0.5, 0.6) is 17.5 Å². The Labute approximate surface area is 157 Å². The zero-order valence-corrected chi connectivity index (χ0v) is 15.5. The number of aromatic nitrogens is 3. The Morgan fingerprint density at radius 3 is 2.63 bits per heavy atom. The zero-order valence-electron chi connectivity index (χ0n) is 15.5. The van der Waals surface area contributed by atoms with E-state index in [1.165, 1.54) is 13.5 Å². The van der Waals surface area contributed by atoms with Crippen molar-refractivity contribution >= 4 is 5.91 Å². The summed E-state index contributed by atoms with van der Waals surface area (Å²) in [7, 11) is 1.48. The molecule has 3 N–H and O–H groups in total. The third kappa shape index (κ3) is 4.27. The smallest absolute Gasteiger partial charge is 0.274 e. The fourth-order valence-corrected chi connectivity index (χ4v) is 3.40. The molecule has 0 aromatic carbocycles. The minimum Gasteiger partial charge on any atom is -0.501 e. The summed E-state index contributed by atoms with van der Waals surface area (Å²) in [6.45, 7) is 1.95. The van der Waals surface area contributed by atoms with Crippen molar-refractivity contribution in [2.75, 3.05) is 7.11 Å². The molecule has 144 valence electrons. The van der Waals surface area contributed by atoms with Crippen molar-refractivity contribution < 1.29 is 19.7 Å². The molecule has 0 saturated heterocycles. The Bertz CT molecular complexity index is 821. The summed E-state index contributed by atoms with van der Waals surface area (Å²) in [6.07, 6.45) is 5.70. The molecule has 0 unspecified atom stereocenters. The van der Waals surface area contributed by atoms with Crippen LogP contribution in [0.1, 0.15) is 49.5 Å². The quantitative estimate of drug-likeness (QED) is 0.738. The van der Waals surface area contributed by atoms with Gasteiger partial charge in [0.2, 0.25) is 11.6 Å². The van der Waals surface area contributed by atoms with Crippen molar-refractivity contribution in [3.05, 3.63) is 23.9 Å². The van der Waals surface area contributed by atoms with Gasteiger partial charge in [-0.3, -0.25) is 4.79 Å². The summed E-state index contributed by atoms with van der Waals surface area (Å²) in [6, 6.07) is 4.93. The SMILES string of the molecule is COc1cccc(-c2nc(O)c(O)c(C(=O)N[C@H](C)C3CCCCC3)n2)n1. The maximum Gasteiger partial charge on any atom is 0.274 e. The highest BCUT2D eigenvalue weighted by Gasteiger charge is 2.26. The number of nitrogens with one attached hydrogen (secondary N) is 1. The highest BCUT2D eigenvalue weighted by Crippen LogP contribution is 2.30. The summed E-state index contributed by atoms with van der Waals surface area (Å²) >= 11 is 0. The molecule has 1 saturated carbocycles. The van der Waals surface area contributed by atoms with Crippen LogP contribution in [0.4, 0.5) is 0 Å². The van der Waals surface area contributed by atoms with E-state index >= 15 is 0 Å². The Kier molecular flexibility index (Phi) is 5.73. The van der Waals surface area contributed by atoms with E-state index in [9.17, 15) is 15.0 Å². The first-order valence-corrected chi connectivity index (χ1v) is 9.12. The van der Waals surface area contributed by atoms with Crippen LogP contribution < -0.4 is 10.1 Å². The topological polar surface area (TPSA) is 117 Å². The van der Waals surface area contributed by atoms with E-state index in [0.29, 0.717) is 17.5 Å². The second kappa shape index (κ2) is 8.20. The molecule has 8 heteroatoms. The number of carbonyl (C=O) groups is 1. The highest BCUT2D eigenvalue weighted by molar-refractivity contribution is 5.96. The van der Waals surface area contributed by atoms with Gasteiger partial charge in [-0.05, 0) is 31.7 Å². The van der Waals surface area contributed by atoms with Crippen molar-refractivity contribution in [3.63, 3.8) is 0 Å². The van der Waals surface area contributed by atoms with Gasteiger partial charge in [0.25, 0.3) is 11.8 Å². The molecule has 0 aliphatic heterocycles. The van der Waals surface area contributed by atoms with Crippen molar-refractivity contribution in [1.29, 1.82) is 0 Å². The second-order valence-corrected chi connectivity index (χ2v) is 6.79. The normalized spacial score (nSPS) is 15.9. The molecule has 1 atom stereocenters. The molecule has 1 aliphatic carbocycles. The Morgan fingerprint density at radius 1 is 1.19 bits per heavy atom. The highest BCUT2D eigenvalue weighted by atomic mass is 16.5. The summed E-state index contributed by atoms with van der Waals surface area (Å²) in [5.74, 6) is -1.08. The maximum atomic E-state index is 12.7. The predicted molar refractivity (Wildman–Crippen MR) is 98.6 cm³/mol. The van der Waals surface area contributed by atoms with E-state index in [1.54, 1.807) is 18.2 Å². The van der Waals surface area contributed by atoms with Gasteiger partial charge in [0, 0.05) is 12.1 Å². The van der Waals surface area contributed by atoms with E-state index in [2.05, 4.69) is 20.3 Å². The third-order valence-electron chi connectivity index (χ3n) is 4.96. The number of methoxy groups -OCH3 is 1. The molecule has 0 bridgehead atoms. The molecular formula is C19H24N4O4. The van der Waals surface area contributed by atoms with Crippen molar-refractivity contribution in [2.24, 2.45) is 5.92 Å². The number of carbonyl (C=O) groups excluding carboxylic acids is 1. The zero-order chi connectivity index (χ0) is 19.4. The van der Waals surface area contributed by atoms with Crippen LogP contribution in [0, 0.1) is 5.92 Å². The number of pyridine rings is 1. The molecule has 1 amide bonds. The molecule has 3 rings (SSSR count). The number of rotatable bonds is 5. The van der Waals surface area contributed by atoms with Gasteiger partial charge >= 0.3 is 0 Å². The van der Waals surface area contributed by atoms with Gasteiger partial charge in [-0.1, -0.05) is 25.3 Å². The molecule has 8 nitrogen and oxygen atoms in total. The summed E-state index contributed by atoms with van der Waals surface area (Å²) < 4.78 is 5.07. The molecule has 1 aliphatic rings. The molecule has 2 aromatic heterocycles. The average Bonchev–Trinajstić information content (AvgIpc) is 2.70. The molecule has 1 fully saturated rings. The standard InChI is InChI=1S/C19H24N4O4/c1-11(12-7-4-3-5-8-12)20-18(25)15-16(24)19(26)23-17(22-15)13-9-6-10-14(21-13)27-2/h6,9-12,24H,3-5,7-8H2,1-2H3,(H,20,25)(H,22,23,26)/t11-/m1/s1. The molecule has 0 spiro atoms. The van der Waals surface area contributed by atoms with Gasteiger partial charge in [0.05, 0.1) is 7.11 Å². The van der Waals surface area contributed by atoms with E-state index in [-0.39, 0.29) is 17.6 Å². The Morgan fingerprint density at radius 2 is 1.93 bits per heavy atom. The predicted octanol–water partition coefficient (Wildman–Crippen LogP) is 2.66. The van der Waals surface area contributed by atoms with Crippen LogP contribution in [0.3, 0.4) is 0 Å². The van der Waals surface area contributed by atoms with Crippen LogP contribution in [-0.2, 0) is 0 Å². The van der Waals surface area contributed by atoms with Gasteiger partial charge in [-0.2, -0.15) is 4.98 Å². The van der Waals surface area contributed by atoms with Crippen LogP contribution >= 0.6 is 0 Å². The molecule has 2 aromatic rings. The van der Waals surface area contributed by atoms with Crippen molar-refractivity contribution in [1.82, 2.24) is 20.3 Å². The monoisotopic (exact) mass is 372 g/mol. The summed E-state index contributed by atoms with van der Waals surface area (Å²) in [5.41, 5.74) is 0.0452. The van der Waals surface area contributed by atoms with Gasteiger partial charge in [0.1, 0.15) is 5.69 Å². The Hall–Kier alpha value is -2.90. The first kappa shape index (κ1) is 18.9. The average molecular weight is 372 g/mol. The maximum absolute atomic E-state index is 12.7. The minimum atomic E-state index is -0.667. The van der Waals surface area contributed by atoms with Crippen LogP contribution in [0.15, 0.2) is 18.2 Å². The summed E-state index contributed by atoms with van der Waals surface area (Å²) in [4.78, 5) is 24.8. The van der Waals surface area contributed by atoms with Crippen LogP contribution in [0.25, 0.3) is 11.5 Å². The molecular weight excluding hydrogens is 348 g/mol. The van der Waals surface area contributed by atoms with Gasteiger partial charge < -0.3 is 20.3 Å². The molecule has 27 heavy (non-hydrogen) atoms. The Balaban J connectivity index is 1.85. The largest absolute Gasteiger partial charge is 0.501 e. The van der Waals surface area contributed by atoms with E-state index < -0.39 is 17.5 Å². The number of aromatic hydroxyl groups is 2. The van der Waals surface area contributed by atoms with Crippen molar-refractivity contribution in [2.45, 2.75) is 45.1 Å². The number of nitrogens with zero attached hydrogens (tertiary/aromatic N) is 3. The lowest BCUT2D eigenvalue weighted by molar-refractivity contribution is 0.0910. The first-order chi connectivity index (χ1) is 13.0. The van der Waals surface area contributed by atoms with Crippen molar-refractivity contribution in [3.8, 4) is 29.0 Å². The molecule has 0 radical (unpaired) electrons. The molecule has 2 heterocycles. The van der Waals surface area contributed by atoms with Crippen LogP contribution in [0.2, 0.25) is 0 Å². The fraction of sp³-hybridized carbons (Fsp3) is 0.474. The van der Waals surface area contributed by atoms with E-state index in [4.69, 9.17) is 4.74 Å². The lowest BCUT2D eigenvalue weighted by Crippen LogP contribution is -2.39. The number of hydrogen-bond acceptors (Lipinski definition) is 7. The minimum absolute atomic E-state index is 0.0275. The van der Waals surface area contributed by atoms with Crippen LogP contribution in [-0.4, -0.2) is 44.2 Å². The first-order valence-electron chi connectivity index (χ1n) is 9.12. The van der Waals surface area contributed by atoms with Gasteiger partial charge in [-0.15, -0.1) is 0 Å². The fourth-order valence-electron chi connectivity index (χ4n) is 3.40. The summed E-state index contributed by atoms with van der Waals surface area (Å²) in [5, 5.41) is 22.9. The second-order valence-electron chi connectivity index (χ2n) is 6.79. The number of ether oxygens (including phenoxy) is 1. The number of amides is 1. The number of hydrogen-bond donors (Lipinski definition) is 3. The van der Waals surface area contributed by atoms with E-state index in [1.807, 2.05) is 6.92 Å². The lowest BCUT2D eigenvalue weighted by atomic mass is 9.84. The van der Waals surface area contributed by atoms with Gasteiger partial charge in [0.15, 0.2) is 11.5 Å². The van der Waals surface area contributed by atoms with E-state index in [0.717, 1.165) is 25.7 Å². The lowest BCUT2D eigenvalue weighted by Gasteiger charge is -2.28.